The molecular formula is C14H20O3. The van der Waals surface area contributed by atoms with E-state index in [1.54, 1.807) is 6.08 Å². The minimum Gasteiger partial charge on any atom is -0.392 e. The molecule has 3 nitrogen and oxygen atoms in total. The van der Waals surface area contributed by atoms with Crippen molar-refractivity contribution in [3.05, 3.63) is 23.3 Å². The molecule has 0 fully saturated rings. The molecule has 2 aliphatic carbocycles. The van der Waals surface area contributed by atoms with E-state index in [0.29, 0.717) is 6.42 Å². The number of carbonyl (C=O) groups excluding carboxylic acids is 1. The maximum Gasteiger partial charge on any atom is 0.164 e. The van der Waals surface area contributed by atoms with Crippen LogP contribution in [0.15, 0.2) is 23.3 Å². The van der Waals surface area contributed by atoms with Gasteiger partial charge in [-0.25, -0.2) is 0 Å². The van der Waals surface area contributed by atoms with Crippen LogP contribution in [0.25, 0.3) is 0 Å². The van der Waals surface area contributed by atoms with E-state index in [2.05, 4.69) is 0 Å². The summed E-state index contributed by atoms with van der Waals surface area (Å²) in [6.07, 6.45) is 5.00. The number of hydrogen-bond donors (Lipinski definition) is 2. The minimum absolute atomic E-state index is 0.0285. The standard InChI is InChI=1S/C14H20O3/c1-3-10-7-13(17)14(2)11(10)5-4-9(8-15)6-12(14)16/h4,7,11-12,15-16H,3,5-6,8H2,1-2H3/t11-,12+,14-/m1/s1. The van der Waals surface area contributed by atoms with Crippen LogP contribution < -0.4 is 0 Å². The third-order valence-corrected chi connectivity index (χ3v) is 4.42. The van der Waals surface area contributed by atoms with E-state index >= 15 is 0 Å². The lowest BCUT2D eigenvalue weighted by molar-refractivity contribution is -0.130. The number of aliphatic hydroxyl groups is 2. The van der Waals surface area contributed by atoms with Gasteiger partial charge in [-0.1, -0.05) is 18.6 Å². The molecule has 0 radical (unpaired) electrons. The molecule has 0 aromatic rings. The monoisotopic (exact) mass is 236 g/mol. The van der Waals surface area contributed by atoms with Crippen molar-refractivity contribution in [3.63, 3.8) is 0 Å². The molecular weight excluding hydrogens is 216 g/mol. The quantitative estimate of drug-likeness (QED) is 0.716. The highest BCUT2D eigenvalue weighted by Gasteiger charge is 2.51. The maximum absolute atomic E-state index is 12.1. The Morgan fingerprint density at radius 1 is 1.53 bits per heavy atom. The molecule has 0 bridgehead atoms. The summed E-state index contributed by atoms with van der Waals surface area (Å²) in [5, 5.41) is 19.5. The van der Waals surface area contributed by atoms with Gasteiger partial charge in [-0.3, -0.25) is 4.79 Å². The highest BCUT2D eigenvalue weighted by atomic mass is 16.3. The summed E-state index contributed by atoms with van der Waals surface area (Å²) in [6.45, 7) is 3.87. The van der Waals surface area contributed by atoms with Crippen molar-refractivity contribution in [2.24, 2.45) is 11.3 Å². The summed E-state index contributed by atoms with van der Waals surface area (Å²) >= 11 is 0. The van der Waals surface area contributed by atoms with E-state index in [-0.39, 0.29) is 18.3 Å². The fourth-order valence-corrected chi connectivity index (χ4v) is 3.08. The Morgan fingerprint density at radius 2 is 2.24 bits per heavy atom. The second kappa shape index (κ2) is 4.39. The fourth-order valence-electron chi connectivity index (χ4n) is 3.08. The van der Waals surface area contributed by atoms with Crippen molar-refractivity contribution in [1.29, 1.82) is 0 Å². The summed E-state index contributed by atoms with van der Waals surface area (Å²) in [5.41, 5.74) is 1.28. The van der Waals surface area contributed by atoms with Crippen molar-refractivity contribution in [1.82, 2.24) is 0 Å². The van der Waals surface area contributed by atoms with Crippen LogP contribution in [0.5, 0.6) is 0 Å². The first-order valence-electron chi connectivity index (χ1n) is 6.25. The topological polar surface area (TPSA) is 57.5 Å². The molecule has 0 aromatic carbocycles. The maximum atomic E-state index is 12.1. The van der Waals surface area contributed by atoms with Crippen molar-refractivity contribution in [2.75, 3.05) is 6.61 Å². The average molecular weight is 236 g/mol. The molecule has 0 aromatic heterocycles. The van der Waals surface area contributed by atoms with E-state index < -0.39 is 11.5 Å². The smallest absolute Gasteiger partial charge is 0.164 e. The predicted molar refractivity (Wildman–Crippen MR) is 65.4 cm³/mol. The third-order valence-electron chi connectivity index (χ3n) is 4.42. The zero-order chi connectivity index (χ0) is 12.6. The Bertz CT molecular complexity index is 394. The number of ketones is 1. The lowest BCUT2D eigenvalue weighted by atomic mass is 9.70. The fraction of sp³-hybridized carbons (Fsp3) is 0.643. The first-order valence-corrected chi connectivity index (χ1v) is 6.25. The van der Waals surface area contributed by atoms with Crippen LogP contribution in [0.3, 0.4) is 0 Å². The molecule has 0 heterocycles. The van der Waals surface area contributed by atoms with Gasteiger partial charge in [0.25, 0.3) is 0 Å². The predicted octanol–water partition coefficient (Wildman–Crippen LogP) is 1.60. The van der Waals surface area contributed by atoms with Crippen LogP contribution in [0, 0.1) is 11.3 Å². The number of aliphatic hydroxyl groups excluding tert-OH is 2. The molecule has 3 heteroatoms. The molecule has 3 atom stereocenters. The van der Waals surface area contributed by atoms with Gasteiger partial charge in [0.1, 0.15) is 0 Å². The highest BCUT2D eigenvalue weighted by Crippen LogP contribution is 2.49. The van der Waals surface area contributed by atoms with Gasteiger partial charge in [-0.2, -0.15) is 0 Å². The summed E-state index contributed by atoms with van der Waals surface area (Å²) in [4.78, 5) is 12.1. The van der Waals surface area contributed by atoms with Crippen molar-refractivity contribution in [2.45, 2.75) is 39.2 Å². The van der Waals surface area contributed by atoms with E-state index in [1.807, 2.05) is 19.9 Å². The van der Waals surface area contributed by atoms with Gasteiger partial charge in [0, 0.05) is 0 Å². The molecule has 2 aliphatic rings. The Kier molecular flexibility index (Phi) is 3.23. The number of carbonyl (C=O) groups is 1. The summed E-state index contributed by atoms with van der Waals surface area (Å²) < 4.78 is 0. The van der Waals surface area contributed by atoms with Gasteiger partial charge >= 0.3 is 0 Å². The van der Waals surface area contributed by atoms with Crippen molar-refractivity contribution >= 4 is 5.78 Å². The van der Waals surface area contributed by atoms with Gasteiger partial charge in [-0.05, 0) is 43.8 Å². The third kappa shape index (κ3) is 1.78. The second-order valence-electron chi connectivity index (χ2n) is 5.25. The first-order chi connectivity index (χ1) is 8.03. The van der Waals surface area contributed by atoms with Crippen LogP contribution in [0.4, 0.5) is 0 Å². The van der Waals surface area contributed by atoms with Crippen LogP contribution in [-0.4, -0.2) is 28.7 Å². The molecule has 0 spiro atoms. The first kappa shape index (κ1) is 12.5. The Hall–Kier alpha value is -0.930. The van der Waals surface area contributed by atoms with Crippen LogP contribution in [-0.2, 0) is 4.79 Å². The van der Waals surface area contributed by atoms with E-state index in [4.69, 9.17) is 0 Å². The molecule has 94 valence electrons. The number of fused-ring (bicyclic) bond motifs is 1. The molecule has 0 unspecified atom stereocenters. The lowest BCUT2D eigenvalue weighted by Crippen LogP contribution is -2.41. The van der Waals surface area contributed by atoms with E-state index in [0.717, 1.165) is 24.0 Å². The van der Waals surface area contributed by atoms with Crippen LogP contribution >= 0.6 is 0 Å². The van der Waals surface area contributed by atoms with Crippen LogP contribution in [0.2, 0.25) is 0 Å². The molecule has 0 saturated carbocycles. The average Bonchev–Trinajstić information content (AvgIpc) is 2.49. The normalized spacial score (nSPS) is 37.3. The SMILES string of the molecule is CCC1=CC(=O)[C@]2(C)[C@@H]1CC=C(CO)C[C@@H]2O. The van der Waals surface area contributed by atoms with Gasteiger partial charge in [-0.15, -0.1) is 0 Å². The van der Waals surface area contributed by atoms with Gasteiger partial charge in [0.2, 0.25) is 0 Å². The summed E-state index contributed by atoms with van der Waals surface area (Å²) in [6, 6.07) is 0. The molecule has 0 aliphatic heterocycles. The number of hydrogen-bond acceptors (Lipinski definition) is 3. The van der Waals surface area contributed by atoms with Gasteiger partial charge < -0.3 is 10.2 Å². The second-order valence-corrected chi connectivity index (χ2v) is 5.25. The van der Waals surface area contributed by atoms with E-state index in [1.165, 1.54) is 0 Å². The summed E-state index contributed by atoms with van der Waals surface area (Å²) in [7, 11) is 0. The Morgan fingerprint density at radius 3 is 2.82 bits per heavy atom. The molecule has 0 amide bonds. The number of rotatable bonds is 2. The zero-order valence-electron chi connectivity index (χ0n) is 10.4. The van der Waals surface area contributed by atoms with E-state index in [9.17, 15) is 15.0 Å². The van der Waals surface area contributed by atoms with Crippen molar-refractivity contribution < 1.29 is 15.0 Å². The van der Waals surface area contributed by atoms with Crippen molar-refractivity contribution in [3.8, 4) is 0 Å². The summed E-state index contributed by atoms with van der Waals surface area (Å²) in [5.74, 6) is 0.137. The van der Waals surface area contributed by atoms with Gasteiger partial charge in [0.05, 0.1) is 18.1 Å². The highest BCUT2D eigenvalue weighted by molar-refractivity contribution is 5.99. The molecule has 17 heavy (non-hydrogen) atoms. The molecule has 2 rings (SSSR count). The Balaban J connectivity index is 2.38. The zero-order valence-corrected chi connectivity index (χ0v) is 10.4. The largest absolute Gasteiger partial charge is 0.392 e. The lowest BCUT2D eigenvalue weighted by Gasteiger charge is -2.34. The van der Waals surface area contributed by atoms with Gasteiger partial charge in [0.15, 0.2) is 5.78 Å². The minimum atomic E-state index is -0.696. The Labute approximate surface area is 102 Å². The number of allylic oxidation sites excluding steroid dienone is 3. The molecule has 0 saturated heterocycles. The molecule has 2 N–H and O–H groups in total. The van der Waals surface area contributed by atoms with Crippen LogP contribution in [0.1, 0.15) is 33.1 Å².